The van der Waals surface area contributed by atoms with Gasteiger partial charge in [0.05, 0.1) is 0 Å². The van der Waals surface area contributed by atoms with E-state index in [2.05, 4.69) is 5.32 Å². The topological polar surface area (TPSA) is 75.3 Å². The smallest absolute Gasteiger partial charge is 0.251 e. The molecule has 88 valence electrons. The molecule has 4 N–H and O–H groups in total. The van der Waals surface area contributed by atoms with E-state index in [9.17, 15) is 4.79 Å². The van der Waals surface area contributed by atoms with Gasteiger partial charge in [0, 0.05) is 11.1 Å². The molecule has 0 bridgehead atoms. The number of carbonyl (C=O) groups excluding carboxylic acids is 1. The van der Waals surface area contributed by atoms with Crippen LogP contribution in [0.2, 0.25) is 0 Å². The van der Waals surface area contributed by atoms with Crippen molar-refractivity contribution in [1.29, 1.82) is 0 Å². The minimum Gasteiger partial charge on any atom is -0.508 e. The quantitative estimate of drug-likeness (QED) is 0.717. The van der Waals surface area contributed by atoms with E-state index in [1.165, 1.54) is 12.1 Å². The number of hydrogen-bond donors (Lipinski definition) is 3. The van der Waals surface area contributed by atoms with Crippen LogP contribution in [0.25, 0.3) is 0 Å². The maximum Gasteiger partial charge on any atom is 0.251 e. The van der Waals surface area contributed by atoms with Crippen LogP contribution in [0.3, 0.4) is 0 Å². The predicted octanol–water partition coefficient (Wildman–Crippen LogP) is 1.25. The largest absolute Gasteiger partial charge is 0.508 e. The maximum atomic E-state index is 11.8. The average molecular weight is 222 g/mol. The lowest BCUT2D eigenvalue weighted by atomic mass is 10.00. The SMILES string of the molecule is CC(C)(CCN)NC(=O)c1ccc(O)cc1. The number of phenolic OH excluding ortho intramolecular Hbond substituents is 1. The van der Waals surface area contributed by atoms with Crippen LogP contribution in [0.15, 0.2) is 24.3 Å². The van der Waals surface area contributed by atoms with Gasteiger partial charge in [0.25, 0.3) is 5.91 Å². The zero-order valence-corrected chi connectivity index (χ0v) is 9.66. The summed E-state index contributed by atoms with van der Waals surface area (Å²) >= 11 is 0. The summed E-state index contributed by atoms with van der Waals surface area (Å²) in [5, 5.41) is 12.0. The van der Waals surface area contributed by atoms with Gasteiger partial charge in [0.1, 0.15) is 5.75 Å². The zero-order chi connectivity index (χ0) is 12.2. The van der Waals surface area contributed by atoms with E-state index in [0.717, 1.165) is 6.42 Å². The molecule has 0 saturated carbocycles. The third-order valence-electron chi connectivity index (χ3n) is 2.35. The highest BCUT2D eigenvalue weighted by molar-refractivity contribution is 5.94. The van der Waals surface area contributed by atoms with Crippen LogP contribution in [0.4, 0.5) is 0 Å². The highest BCUT2D eigenvalue weighted by Crippen LogP contribution is 2.12. The molecule has 0 saturated heterocycles. The first kappa shape index (κ1) is 12.5. The van der Waals surface area contributed by atoms with E-state index in [4.69, 9.17) is 10.8 Å². The molecule has 0 heterocycles. The van der Waals surface area contributed by atoms with Crippen LogP contribution in [0, 0.1) is 0 Å². The molecule has 1 amide bonds. The first-order valence-corrected chi connectivity index (χ1v) is 5.26. The van der Waals surface area contributed by atoms with Crippen LogP contribution in [0.5, 0.6) is 5.75 Å². The second-order valence-electron chi connectivity index (χ2n) is 4.42. The van der Waals surface area contributed by atoms with Gasteiger partial charge in [-0.25, -0.2) is 0 Å². The summed E-state index contributed by atoms with van der Waals surface area (Å²) < 4.78 is 0. The van der Waals surface area contributed by atoms with Crippen molar-refractivity contribution in [3.05, 3.63) is 29.8 Å². The molecule has 0 aromatic heterocycles. The fraction of sp³-hybridized carbons (Fsp3) is 0.417. The lowest BCUT2D eigenvalue weighted by Crippen LogP contribution is -2.44. The normalized spacial score (nSPS) is 11.2. The average Bonchev–Trinajstić information content (AvgIpc) is 2.17. The van der Waals surface area contributed by atoms with E-state index < -0.39 is 0 Å². The van der Waals surface area contributed by atoms with Gasteiger partial charge in [-0.15, -0.1) is 0 Å². The molecule has 0 atom stereocenters. The van der Waals surface area contributed by atoms with Crippen molar-refractivity contribution in [1.82, 2.24) is 5.32 Å². The molecule has 1 rings (SSSR count). The Hall–Kier alpha value is -1.55. The lowest BCUT2D eigenvalue weighted by molar-refractivity contribution is 0.0910. The van der Waals surface area contributed by atoms with Crippen LogP contribution in [0.1, 0.15) is 30.6 Å². The molecular weight excluding hydrogens is 204 g/mol. The first-order chi connectivity index (χ1) is 7.44. The Kier molecular flexibility index (Phi) is 3.90. The fourth-order valence-corrected chi connectivity index (χ4v) is 1.42. The number of nitrogens with two attached hydrogens (primary N) is 1. The summed E-state index contributed by atoms with van der Waals surface area (Å²) in [6, 6.07) is 6.15. The molecule has 16 heavy (non-hydrogen) atoms. The van der Waals surface area contributed by atoms with Crippen molar-refractivity contribution in [2.24, 2.45) is 5.73 Å². The Morgan fingerprint density at radius 2 is 1.94 bits per heavy atom. The monoisotopic (exact) mass is 222 g/mol. The Morgan fingerprint density at radius 1 is 1.38 bits per heavy atom. The van der Waals surface area contributed by atoms with E-state index >= 15 is 0 Å². The minimum absolute atomic E-state index is 0.151. The number of hydrogen-bond acceptors (Lipinski definition) is 3. The molecule has 1 aromatic carbocycles. The molecule has 0 spiro atoms. The molecule has 0 aliphatic rings. The third-order valence-corrected chi connectivity index (χ3v) is 2.35. The zero-order valence-electron chi connectivity index (χ0n) is 9.66. The summed E-state index contributed by atoms with van der Waals surface area (Å²) in [7, 11) is 0. The van der Waals surface area contributed by atoms with Crippen LogP contribution < -0.4 is 11.1 Å². The third kappa shape index (κ3) is 3.55. The molecular formula is C12H18N2O2. The summed E-state index contributed by atoms with van der Waals surface area (Å²) in [5.41, 5.74) is 5.68. The Labute approximate surface area is 95.5 Å². The summed E-state index contributed by atoms with van der Waals surface area (Å²) in [4.78, 5) is 11.8. The molecule has 0 radical (unpaired) electrons. The molecule has 4 heteroatoms. The Bertz CT molecular complexity index is 358. The molecule has 0 fully saturated rings. The van der Waals surface area contributed by atoms with Gasteiger partial charge < -0.3 is 16.2 Å². The summed E-state index contributed by atoms with van der Waals surface area (Å²) in [5.74, 6) is -0.00350. The standard InChI is InChI=1S/C12H18N2O2/c1-12(2,7-8-13)14-11(16)9-3-5-10(15)6-4-9/h3-6,15H,7-8,13H2,1-2H3,(H,14,16). The first-order valence-electron chi connectivity index (χ1n) is 5.26. The highest BCUT2D eigenvalue weighted by atomic mass is 16.3. The number of benzene rings is 1. The maximum absolute atomic E-state index is 11.8. The van der Waals surface area contributed by atoms with E-state index in [0.29, 0.717) is 12.1 Å². The summed E-state index contributed by atoms with van der Waals surface area (Å²) in [6.45, 7) is 4.39. The predicted molar refractivity (Wildman–Crippen MR) is 63.3 cm³/mol. The van der Waals surface area contributed by atoms with Crippen molar-refractivity contribution < 1.29 is 9.90 Å². The van der Waals surface area contributed by atoms with Gasteiger partial charge in [-0.1, -0.05) is 0 Å². The number of aromatic hydroxyl groups is 1. The van der Waals surface area contributed by atoms with Crippen molar-refractivity contribution >= 4 is 5.91 Å². The van der Waals surface area contributed by atoms with Gasteiger partial charge in [-0.3, -0.25) is 4.79 Å². The van der Waals surface area contributed by atoms with Gasteiger partial charge in [-0.2, -0.15) is 0 Å². The van der Waals surface area contributed by atoms with E-state index in [-0.39, 0.29) is 17.2 Å². The molecule has 0 aliphatic carbocycles. The fourth-order valence-electron chi connectivity index (χ4n) is 1.42. The molecule has 0 aliphatic heterocycles. The van der Waals surface area contributed by atoms with Gasteiger partial charge in [0.15, 0.2) is 0 Å². The molecule has 1 aromatic rings. The number of carbonyl (C=O) groups is 1. The molecule has 4 nitrogen and oxygen atoms in total. The van der Waals surface area contributed by atoms with Gasteiger partial charge in [0.2, 0.25) is 0 Å². The Morgan fingerprint density at radius 3 is 2.44 bits per heavy atom. The van der Waals surface area contributed by atoms with E-state index in [1.54, 1.807) is 12.1 Å². The van der Waals surface area contributed by atoms with Crippen molar-refractivity contribution in [2.75, 3.05) is 6.54 Å². The summed E-state index contributed by atoms with van der Waals surface area (Å²) in [6.07, 6.45) is 0.719. The highest BCUT2D eigenvalue weighted by Gasteiger charge is 2.19. The Balaban J connectivity index is 2.69. The van der Waals surface area contributed by atoms with Crippen molar-refractivity contribution in [2.45, 2.75) is 25.8 Å². The number of rotatable bonds is 4. The van der Waals surface area contributed by atoms with Crippen LogP contribution in [-0.4, -0.2) is 23.1 Å². The second kappa shape index (κ2) is 4.99. The number of nitrogens with one attached hydrogen (secondary N) is 1. The second-order valence-corrected chi connectivity index (χ2v) is 4.42. The number of amides is 1. The van der Waals surface area contributed by atoms with Crippen LogP contribution >= 0.6 is 0 Å². The minimum atomic E-state index is -0.316. The van der Waals surface area contributed by atoms with Crippen molar-refractivity contribution in [3.8, 4) is 5.75 Å². The van der Waals surface area contributed by atoms with Gasteiger partial charge in [-0.05, 0) is 51.1 Å². The van der Waals surface area contributed by atoms with Gasteiger partial charge >= 0.3 is 0 Å². The van der Waals surface area contributed by atoms with E-state index in [1.807, 2.05) is 13.8 Å². The lowest BCUT2D eigenvalue weighted by Gasteiger charge is -2.25. The molecule has 0 unspecified atom stereocenters. The van der Waals surface area contributed by atoms with Crippen LogP contribution in [-0.2, 0) is 0 Å². The number of phenols is 1. The van der Waals surface area contributed by atoms with Crippen molar-refractivity contribution in [3.63, 3.8) is 0 Å².